The number of carbonyl (C=O) groups excluding carboxylic acids is 2. The van der Waals surface area contributed by atoms with Gasteiger partial charge in [-0.15, -0.1) is 0 Å². The lowest BCUT2D eigenvalue weighted by molar-refractivity contribution is 0.0526. The number of rotatable bonds is 6. The number of likely N-dealkylation sites (N-methyl/N-ethyl adjacent to an activating group) is 1. The third-order valence-corrected chi connectivity index (χ3v) is 4.83. The zero-order chi connectivity index (χ0) is 20.8. The van der Waals surface area contributed by atoms with E-state index in [9.17, 15) is 9.59 Å². The molecule has 1 aromatic heterocycles. The number of piperazine rings is 1. The third-order valence-electron chi connectivity index (χ3n) is 4.83. The molecule has 2 heterocycles. The first-order valence-corrected chi connectivity index (χ1v) is 9.91. The van der Waals surface area contributed by atoms with Crippen molar-refractivity contribution in [3.63, 3.8) is 0 Å². The first-order valence-electron chi connectivity index (χ1n) is 9.91. The van der Waals surface area contributed by atoms with Crippen LogP contribution >= 0.6 is 0 Å². The van der Waals surface area contributed by atoms with Crippen molar-refractivity contribution < 1.29 is 14.3 Å². The van der Waals surface area contributed by atoms with Crippen LogP contribution in [-0.2, 0) is 4.74 Å². The predicted molar refractivity (Wildman–Crippen MR) is 111 cm³/mol. The van der Waals surface area contributed by atoms with Crippen molar-refractivity contribution in [2.24, 2.45) is 0 Å². The number of hydrogen-bond donors (Lipinski definition) is 1. The molecule has 1 amide bonds. The summed E-state index contributed by atoms with van der Waals surface area (Å²) in [6.45, 7) is 10.7. The highest BCUT2D eigenvalue weighted by atomic mass is 16.5. The van der Waals surface area contributed by atoms with Crippen molar-refractivity contribution in [2.45, 2.75) is 20.8 Å². The fourth-order valence-corrected chi connectivity index (χ4v) is 3.17. The van der Waals surface area contributed by atoms with Crippen molar-refractivity contribution in [2.75, 3.05) is 49.5 Å². The van der Waals surface area contributed by atoms with E-state index in [0.29, 0.717) is 29.5 Å². The Kier molecular flexibility index (Phi) is 6.77. The average molecular weight is 397 g/mol. The summed E-state index contributed by atoms with van der Waals surface area (Å²) in [7, 11) is 0. The van der Waals surface area contributed by atoms with Crippen LogP contribution in [0.25, 0.3) is 0 Å². The zero-order valence-corrected chi connectivity index (χ0v) is 17.1. The van der Waals surface area contributed by atoms with Gasteiger partial charge in [-0.1, -0.05) is 6.92 Å². The van der Waals surface area contributed by atoms with E-state index in [0.717, 1.165) is 38.4 Å². The van der Waals surface area contributed by atoms with Gasteiger partial charge in [-0.3, -0.25) is 4.79 Å². The molecule has 1 saturated heterocycles. The fraction of sp³-hybridized carbons (Fsp3) is 0.429. The van der Waals surface area contributed by atoms with Crippen LogP contribution in [0.2, 0.25) is 0 Å². The van der Waals surface area contributed by atoms with Crippen molar-refractivity contribution >= 4 is 23.5 Å². The van der Waals surface area contributed by atoms with Gasteiger partial charge in [0.25, 0.3) is 5.91 Å². The number of benzene rings is 1. The molecule has 8 heteroatoms. The molecule has 154 valence electrons. The van der Waals surface area contributed by atoms with E-state index >= 15 is 0 Å². The summed E-state index contributed by atoms with van der Waals surface area (Å²) in [5, 5.41) is 2.82. The van der Waals surface area contributed by atoms with Crippen LogP contribution < -0.4 is 10.2 Å². The number of nitrogens with zero attached hydrogens (tertiary/aromatic N) is 4. The molecule has 0 aliphatic carbocycles. The van der Waals surface area contributed by atoms with Gasteiger partial charge >= 0.3 is 5.97 Å². The molecule has 0 saturated carbocycles. The number of amides is 1. The maximum absolute atomic E-state index is 12.7. The Morgan fingerprint density at radius 1 is 1.07 bits per heavy atom. The lowest BCUT2D eigenvalue weighted by atomic mass is 10.2. The van der Waals surface area contributed by atoms with Gasteiger partial charge < -0.3 is 19.9 Å². The van der Waals surface area contributed by atoms with Crippen LogP contribution in [-0.4, -0.2) is 66.1 Å². The molecule has 0 bridgehead atoms. The molecule has 8 nitrogen and oxygen atoms in total. The molecule has 3 rings (SSSR count). The van der Waals surface area contributed by atoms with Crippen LogP contribution in [0.5, 0.6) is 0 Å². The van der Waals surface area contributed by atoms with Crippen molar-refractivity contribution in [1.82, 2.24) is 14.9 Å². The summed E-state index contributed by atoms with van der Waals surface area (Å²) in [6.07, 6.45) is 0. The summed E-state index contributed by atoms with van der Waals surface area (Å²) >= 11 is 0. The quantitative estimate of drug-likeness (QED) is 0.749. The second kappa shape index (κ2) is 9.47. The number of ether oxygens (including phenoxy) is 1. The van der Waals surface area contributed by atoms with Gasteiger partial charge in [0.05, 0.1) is 12.2 Å². The Bertz CT molecular complexity index is 861. The maximum Gasteiger partial charge on any atom is 0.338 e. The number of anilines is 2. The number of nitrogens with one attached hydrogen (secondary N) is 1. The fourth-order valence-electron chi connectivity index (χ4n) is 3.17. The van der Waals surface area contributed by atoms with Gasteiger partial charge in [0.15, 0.2) is 0 Å². The van der Waals surface area contributed by atoms with E-state index in [4.69, 9.17) is 4.74 Å². The highest BCUT2D eigenvalue weighted by molar-refractivity contribution is 6.03. The van der Waals surface area contributed by atoms with Gasteiger partial charge in [-0.25, -0.2) is 14.8 Å². The van der Waals surface area contributed by atoms with Gasteiger partial charge in [0, 0.05) is 37.6 Å². The van der Waals surface area contributed by atoms with Crippen molar-refractivity contribution in [3.05, 3.63) is 47.3 Å². The maximum atomic E-state index is 12.7. The summed E-state index contributed by atoms with van der Waals surface area (Å²) in [5.41, 5.74) is 2.09. The minimum Gasteiger partial charge on any atom is -0.462 e. The second-order valence-corrected chi connectivity index (χ2v) is 6.87. The summed E-state index contributed by atoms with van der Waals surface area (Å²) in [5.74, 6) is -0.110. The monoisotopic (exact) mass is 397 g/mol. The van der Waals surface area contributed by atoms with Gasteiger partial charge in [0.1, 0.15) is 5.69 Å². The topological polar surface area (TPSA) is 87.7 Å². The van der Waals surface area contributed by atoms with Crippen LogP contribution in [0.3, 0.4) is 0 Å². The zero-order valence-electron chi connectivity index (χ0n) is 17.1. The molecular weight excluding hydrogens is 370 g/mol. The minimum atomic E-state index is -0.385. The molecule has 1 aliphatic heterocycles. The normalized spacial score (nSPS) is 14.5. The molecular formula is C21H27N5O3. The van der Waals surface area contributed by atoms with Crippen LogP contribution in [0.4, 0.5) is 11.6 Å². The van der Waals surface area contributed by atoms with Crippen LogP contribution in [0.15, 0.2) is 30.3 Å². The summed E-state index contributed by atoms with van der Waals surface area (Å²) in [4.78, 5) is 37.9. The molecule has 1 N–H and O–H groups in total. The third kappa shape index (κ3) is 5.29. The number of esters is 1. The van der Waals surface area contributed by atoms with E-state index in [1.54, 1.807) is 37.3 Å². The standard InChI is InChI=1S/C21H27N5O3/c1-4-25-10-12-26(13-11-25)21-22-15(3)14-18(24-21)19(27)23-17-8-6-16(7-9-17)20(28)29-5-2/h6-9,14H,4-5,10-13H2,1-3H3,(H,23,27). The highest BCUT2D eigenvalue weighted by Gasteiger charge is 2.20. The van der Waals surface area contributed by atoms with E-state index in [2.05, 4.69) is 32.0 Å². The first-order chi connectivity index (χ1) is 14.0. The van der Waals surface area contributed by atoms with Crippen molar-refractivity contribution in [3.8, 4) is 0 Å². The van der Waals surface area contributed by atoms with E-state index in [-0.39, 0.29) is 11.9 Å². The molecule has 1 aromatic carbocycles. The number of hydrogen-bond acceptors (Lipinski definition) is 7. The molecule has 2 aromatic rings. The van der Waals surface area contributed by atoms with E-state index < -0.39 is 0 Å². The Labute approximate surface area is 170 Å². The van der Waals surface area contributed by atoms with Gasteiger partial charge in [-0.05, 0) is 50.7 Å². The highest BCUT2D eigenvalue weighted by Crippen LogP contribution is 2.16. The van der Waals surface area contributed by atoms with E-state index in [1.165, 1.54) is 0 Å². The minimum absolute atomic E-state index is 0.312. The average Bonchev–Trinajstić information content (AvgIpc) is 2.74. The van der Waals surface area contributed by atoms with Crippen LogP contribution in [0.1, 0.15) is 40.4 Å². The van der Waals surface area contributed by atoms with Gasteiger partial charge in [-0.2, -0.15) is 0 Å². The number of aromatic nitrogens is 2. The predicted octanol–water partition coefficient (Wildman–Crippen LogP) is 2.36. The SMILES string of the molecule is CCOC(=O)c1ccc(NC(=O)c2cc(C)nc(N3CCN(CC)CC3)n2)cc1. The molecule has 29 heavy (non-hydrogen) atoms. The molecule has 1 fully saturated rings. The Morgan fingerprint density at radius 3 is 2.38 bits per heavy atom. The van der Waals surface area contributed by atoms with Crippen LogP contribution in [0, 0.1) is 6.92 Å². The Morgan fingerprint density at radius 2 is 1.76 bits per heavy atom. The number of aryl methyl sites for hydroxylation is 1. The Balaban J connectivity index is 1.69. The molecule has 0 atom stereocenters. The van der Waals surface area contributed by atoms with Gasteiger partial charge in [0.2, 0.25) is 5.95 Å². The molecule has 0 unspecified atom stereocenters. The lowest BCUT2D eigenvalue weighted by Gasteiger charge is -2.34. The number of carbonyl (C=O) groups is 2. The first kappa shape index (κ1) is 20.7. The summed E-state index contributed by atoms with van der Waals surface area (Å²) in [6, 6.07) is 8.26. The smallest absolute Gasteiger partial charge is 0.338 e. The largest absolute Gasteiger partial charge is 0.462 e. The molecule has 0 radical (unpaired) electrons. The summed E-state index contributed by atoms with van der Waals surface area (Å²) < 4.78 is 4.97. The second-order valence-electron chi connectivity index (χ2n) is 6.87. The lowest BCUT2D eigenvalue weighted by Crippen LogP contribution is -2.47. The molecule has 1 aliphatic rings. The van der Waals surface area contributed by atoms with E-state index in [1.807, 2.05) is 6.92 Å². The Hall–Kier alpha value is -3.00. The van der Waals surface area contributed by atoms with Crippen molar-refractivity contribution in [1.29, 1.82) is 0 Å². The molecule has 0 spiro atoms.